The Balaban J connectivity index is 2.07. The fourth-order valence-corrected chi connectivity index (χ4v) is 3.64. The number of aryl methyl sites for hydroxylation is 1. The number of amides is 2. The van der Waals surface area contributed by atoms with E-state index in [1.54, 1.807) is 17.3 Å². The molecule has 0 saturated heterocycles. The maximum Gasteiger partial charge on any atom is 0.410 e. The Labute approximate surface area is 163 Å². The fraction of sp³-hybridized carbons (Fsp3) is 0.421. The molecule has 0 fully saturated rings. The molecule has 0 atom stereocenters. The van der Waals surface area contributed by atoms with E-state index in [0.29, 0.717) is 29.5 Å². The molecule has 0 radical (unpaired) electrons. The number of fused-ring (bicyclic) bond motifs is 1. The van der Waals surface area contributed by atoms with Gasteiger partial charge in [0.25, 0.3) is 5.91 Å². The van der Waals surface area contributed by atoms with Crippen molar-refractivity contribution >= 4 is 23.6 Å². The molecule has 0 aromatic carbocycles. The molecule has 1 aliphatic rings. The first-order valence-corrected chi connectivity index (χ1v) is 9.07. The summed E-state index contributed by atoms with van der Waals surface area (Å²) in [7, 11) is 0. The van der Waals surface area contributed by atoms with Crippen molar-refractivity contribution in [3.8, 4) is 11.3 Å². The predicted octanol–water partition coefficient (Wildman–Crippen LogP) is 3.36. The summed E-state index contributed by atoms with van der Waals surface area (Å²) >= 11 is 6.57. The van der Waals surface area contributed by atoms with E-state index in [9.17, 15) is 9.59 Å². The Morgan fingerprint density at radius 3 is 2.59 bits per heavy atom. The third kappa shape index (κ3) is 3.64. The van der Waals surface area contributed by atoms with Crippen molar-refractivity contribution in [1.82, 2.24) is 14.5 Å². The molecule has 3 heterocycles. The van der Waals surface area contributed by atoms with Crippen LogP contribution in [0, 0.1) is 6.92 Å². The monoisotopic (exact) mass is 390 g/mol. The van der Waals surface area contributed by atoms with Crippen molar-refractivity contribution in [2.24, 2.45) is 5.73 Å². The third-order valence-corrected chi connectivity index (χ3v) is 4.81. The molecule has 2 aromatic heterocycles. The summed E-state index contributed by atoms with van der Waals surface area (Å²) in [6.45, 7) is 8.51. The number of nitrogens with two attached hydrogens (primary N) is 1. The molecule has 0 unspecified atom stereocenters. The number of halogens is 1. The van der Waals surface area contributed by atoms with Gasteiger partial charge in [0.2, 0.25) is 0 Å². The normalized spacial score (nSPS) is 14.0. The molecule has 2 amide bonds. The zero-order chi connectivity index (χ0) is 19.9. The van der Waals surface area contributed by atoms with E-state index in [1.807, 2.05) is 38.3 Å². The molecule has 1 aliphatic heterocycles. The van der Waals surface area contributed by atoms with Crippen molar-refractivity contribution < 1.29 is 14.3 Å². The largest absolute Gasteiger partial charge is 0.444 e. The zero-order valence-corrected chi connectivity index (χ0v) is 16.6. The number of aromatic nitrogens is 2. The van der Waals surface area contributed by atoms with Crippen LogP contribution in [0.5, 0.6) is 0 Å². The molecule has 0 bridgehead atoms. The van der Waals surface area contributed by atoms with Crippen molar-refractivity contribution in [3.63, 3.8) is 0 Å². The number of pyridine rings is 1. The van der Waals surface area contributed by atoms with E-state index in [1.165, 1.54) is 0 Å². The summed E-state index contributed by atoms with van der Waals surface area (Å²) in [4.78, 5) is 30.3. The van der Waals surface area contributed by atoms with Crippen LogP contribution in [0.25, 0.3) is 11.3 Å². The highest BCUT2D eigenvalue weighted by Crippen LogP contribution is 2.38. The van der Waals surface area contributed by atoms with E-state index in [2.05, 4.69) is 4.98 Å². The van der Waals surface area contributed by atoms with Gasteiger partial charge in [0, 0.05) is 31.0 Å². The number of hydrogen-bond acceptors (Lipinski definition) is 4. The standard InChI is InChI=1S/C19H23ClN4O3/c1-11-5-6-22-9-12(11)16-15(20)14(17(21)25)13-10-23(7-8-24(13)16)18(26)27-19(2,3)4/h5-6,9H,7-8,10H2,1-4H3,(H2,21,25). The highest BCUT2D eigenvalue weighted by molar-refractivity contribution is 6.36. The van der Waals surface area contributed by atoms with Gasteiger partial charge >= 0.3 is 6.09 Å². The molecular formula is C19H23ClN4O3. The lowest BCUT2D eigenvalue weighted by molar-refractivity contribution is 0.0198. The van der Waals surface area contributed by atoms with Gasteiger partial charge in [-0.3, -0.25) is 9.78 Å². The summed E-state index contributed by atoms with van der Waals surface area (Å²) in [5, 5.41) is 0.291. The number of carbonyl (C=O) groups is 2. The minimum absolute atomic E-state index is 0.201. The summed E-state index contributed by atoms with van der Waals surface area (Å²) in [5.74, 6) is -0.623. The summed E-state index contributed by atoms with van der Waals surface area (Å²) in [5.41, 5.74) is 8.38. The van der Waals surface area contributed by atoms with Crippen molar-refractivity contribution in [2.75, 3.05) is 6.54 Å². The predicted molar refractivity (Wildman–Crippen MR) is 103 cm³/mol. The number of carbonyl (C=O) groups excluding carboxylic acids is 2. The second-order valence-electron chi connectivity index (χ2n) is 7.59. The first kappa shape index (κ1) is 19.2. The molecule has 0 spiro atoms. The third-order valence-electron chi connectivity index (χ3n) is 4.44. The van der Waals surface area contributed by atoms with Crippen LogP contribution in [0.1, 0.15) is 42.4 Å². The van der Waals surface area contributed by atoms with Gasteiger partial charge in [-0.2, -0.15) is 0 Å². The molecule has 3 rings (SSSR count). The Morgan fingerprint density at radius 2 is 2.00 bits per heavy atom. The van der Waals surface area contributed by atoms with Gasteiger partial charge < -0.3 is 19.9 Å². The SMILES string of the molecule is Cc1ccncc1-c1c(Cl)c(C(N)=O)c2n1CCN(C(=O)OC(C)(C)C)C2. The molecular weight excluding hydrogens is 368 g/mol. The molecule has 0 aliphatic carbocycles. The Bertz CT molecular complexity index is 914. The van der Waals surface area contributed by atoms with E-state index >= 15 is 0 Å². The van der Waals surface area contributed by atoms with Crippen LogP contribution < -0.4 is 5.73 Å². The second kappa shape index (κ2) is 6.88. The maximum absolute atomic E-state index is 12.5. The fourth-order valence-electron chi connectivity index (χ4n) is 3.23. The number of rotatable bonds is 2. The van der Waals surface area contributed by atoms with Gasteiger partial charge in [-0.05, 0) is 39.3 Å². The second-order valence-corrected chi connectivity index (χ2v) is 7.97. The molecule has 144 valence electrons. The molecule has 2 aromatic rings. The molecule has 27 heavy (non-hydrogen) atoms. The molecule has 7 nitrogen and oxygen atoms in total. The highest BCUT2D eigenvalue weighted by atomic mass is 35.5. The van der Waals surface area contributed by atoms with Crippen molar-refractivity contribution in [1.29, 1.82) is 0 Å². The summed E-state index contributed by atoms with van der Waals surface area (Å²) < 4.78 is 7.40. The lowest BCUT2D eigenvalue weighted by Crippen LogP contribution is -2.42. The number of ether oxygens (including phenoxy) is 1. The van der Waals surface area contributed by atoms with Crippen LogP contribution >= 0.6 is 11.6 Å². The van der Waals surface area contributed by atoms with Crippen LogP contribution in [0.2, 0.25) is 5.02 Å². The summed E-state index contributed by atoms with van der Waals surface area (Å²) in [6, 6.07) is 1.88. The van der Waals surface area contributed by atoms with Gasteiger partial charge in [0.15, 0.2) is 0 Å². The van der Waals surface area contributed by atoms with E-state index in [4.69, 9.17) is 22.1 Å². The first-order chi connectivity index (χ1) is 12.6. The van der Waals surface area contributed by atoms with E-state index < -0.39 is 17.6 Å². The average molecular weight is 391 g/mol. The van der Waals surface area contributed by atoms with Gasteiger partial charge in [-0.15, -0.1) is 0 Å². The van der Waals surface area contributed by atoms with Gasteiger partial charge in [-0.25, -0.2) is 4.79 Å². The lowest BCUT2D eigenvalue weighted by atomic mass is 10.1. The molecule has 2 N–H and O–H groups in total. The number of nitrogens with zero attached hydrogens (tertiary/aromatic N) is 3. The highest BCUT2D eigenvalue weighted by Gasteiger charge is 2.33. The van der Waals surface area contributed by atoms with Crippen LogP contribution in [-0.2, 0) is 17.8 Å². The minimum atomic E-state index is -0.623. The minimum Gasteiger partial charge on any atom is -0.444 e. The van der Waals surface area contributed by atoms with Crippen LogP contribution in [0.15, 0.2) is 18.5 Å². The van der Waals surface area contributed by atoms with Crippen LogP contribution in [-0.4, -0.2) is 38.6 Å². The lowest BCUT2D eigenvalue weighted by Gasteiger charge is -2.32. The zero-order valence-electron chi connectivity index (χ0n) is 15.9. The molecule has 8 heteroatoms. The Kier molecular flexibility index (Phi) is 4.90. The van der Waals surface area contributed by atoms with E-state index in [-0.39, 0.29) is 12.1 Å². The first-order valence-electron chi connectivity index (χ1n) is 8.69. The van der Waals surface area contributed by atoms with Crippen LogP contribution in [0.4, 0.5) is 4.79 Å². The van der Waals surface area contributed by atoms with Crippen molar-refractivity contribution in [3.05, 3.63) is 40.3 Å². The number of hydrogen-bond donors (Lipinski definition) is 1. The Morgan fingerprint density at radius 1 is 1.30 bits per heavy atom. The van der Waals surface area contributed by atoms with Crippen molar-refractivity contribution in [2.45, 2.75) is 46.4 Å². The average Bonchev–Trinajstić information content (AvgIpc) is 2.85. The maximum atomic E-state index is 12.5. The van der Waals surface area contributed by atoms with E-state index in [0.717, 1.165) is 11.1 Å². The Hall–Kier alpha value is -2.54. The quantitative estimate of drug-likeness (QED) is 0.851. The summed E-state index contributed by atoms with van der Waals surface area (Å²) in [6.07, 6.45) is 2.99. The number of primary amides is 1. The molecule has 0 saturated carbocycles. The van der Waals surface area contributed by atoms with Gasteiger partial charge in [0.1, 0.15) is 5.60 Å². The van der Waals surface area contributed by atoms with Gasteiger partial charge in [-0.1, -0.05) is 11.6 Å². The van der Waals surface area contributed by atoms with Gasteiger partial charge in [0.05, 0.1) is 28.5 Å². The smallest absolute Gasteiger partial charge is 0.410 e. The topological polar surface area (TPSA) is 90.5 Å². The van der Waals surface area contributed by atoms with Crippen LogP contribution in [0.3, 0.4) is 0 Å².